The number of hydrogen-bond donors (Lipinski definition) is 1. The van der Waals surface area contributed by atoms with Crippen molar-refractivity contribution >= 4 is 0 Å². The molecule has 0 aliphatic carbocycles. The molecule has 0 saturated carbocycles. The van der Waals surface area contributed by atoms with Crippen molar-refractivity contribution in [2.24, 2.45) is 0 Å². The lowest BCUT2D eigenvalue weighted by Crippen LogP contribution is -1.92. The van der Waals surface area contributed by atoms with Gasteiger partial charge in [-0.15, -0.1) is 0 Å². The Bertz CT molecular complexity index is 406. The van der Waals surface area contributed by atoms with Crippen LogP contribution in [0.4, 0.5) is 0 Å². The Morgan fingerprint density at radius 3 is 2.40 bits per heavy atom. The van der Waals surface area contributed by atoms with Gasteiger partial charge in [0.15, 0.2) is 0 Å². The van der Waals surface area contributed by atoms with Crippen molar-refractivity contribution in [1.82, 2.24) is 0 Å². The van der Waals surface area contributed by atoms with Crippen LogP contribution >= 0.6 is 0 Å². The lowest BCUT2D eigenvalue weighted by Gasteiger charge is -2.02. The Morgan fingerprint density at radius 1 is 1.00 bits per heavy atom. The molecule has 3 nitrogen and oxygen atoms in total. The molecule has 0 aliphatic heterocycles. The van der Waals surface area contributed by atoms with Gasteiger partial charge in [-0.1, -0.05) is 18.2 Å². The highest BCUT2D eigenvalue weighted by Crippen LogP contribution is 2.13. The molecule has 2 aromatic rings. The van der Waals surface area contributed by atoms with Crippen LogP contribution < -0.4 is 4.74 Å². The summed E-state index contributed by atoms with van der Waals surface area (Å²) in [5, 5.41) is 8.80. The minimum absolute atomic E-state index is 0.0780. The van der Waals surface area contributed by atoms with Crippen molar-refractivity contribution in [1.29, 1.82) is 0 Å². The van der Waals surface area contributed by atoms with Gasteiger partial charge in [-0.2, -0.15) is 0 Å². The van der Waals surface area contributed by atoms with Crippen molar-refractivity contribution < 1.29 is 14.3 Å². The van der Waals surface area contributed by atoms with Gasteiger partial charge in [0, 0.05) is 0 Å². The zero-order valence-corrected chi connectivity index (χ0v) is 8.22. The van der Waals surface area contributed by atoms with Crippen molar-refractivity contribution in [3.63, 3.8) is 0 Å². The van der Waals surface area contributed by atoms with Gasteiger partial charge in [0.05, 0.1) is 0 Å². The lowest BCUT2D eigenvalue weighted by molar-refractivity contribution is 0.225. The lowest BCUT2D eigenvalue weighted by atomic mass is 10.3. The predicted octanol–water partition coefficient (Wildman–Crippen LogP) is 2.35. The highest BCUT2D eigenvalue weighted by molar-refractivity contribution is 5.21. The SMILES string of the molecule is OCc1ccc(COc2ccccc2)o1. The van der Waals surface area contributed by atoms with Crippen LogP contribution in [0.1, 0.15) is 11.5 Å². The highest BCUT2D eigenvalue weighted by atomic mass is 16.5. The Labute approximate surface area is 87.9 Å². The van der Waals surface area contributed by atoms with Crippen LogP contribution in [0.25, 0.3) is 0 Å². The number of para-hydroxylation sites is 1. The summed E-state index contributed by atoms with van der Waals surface area (Å²) in [6, 6.07) is 13.1. The van der Waals surface area contributed by atoms with E-state index in [-0.39, 0.29) is 6.61 Å². The van der Waals surface area contributed by atoms with Crippen LogP contribution in [0.2, 0.25) is 0 Å². The summed E-state index contributed by atoms with van der Waals surface area (Å²) in [5.74, 6) is 2.07. The molecule has 3 heteroatoms. The molecule has 0 aliphatic rings. The molecule has 0 unspecified atom stereocenters. The highest BCUT2D eigenvalue weighted by Gasteiger charge is 2.01. The molecule has 0 amide bonds. The molecule has 0 spiro atoms. The van der Waals surface area contributed by atoms with E-state index in [1.165, 1.54) is 0 Å². The van der Waals surface area contributed by atoms with E-state index < -0.39 is 0 Å². The first-order chi connectivity index (χ1) is 7.38. The van der Waals surface area contributed by atoms with Crippen LogP contribution in [0.3, 0.4) is 0 Å². The maximum Gasteiger partial charge on any atom is 0.146 e. The third-order valence-corrected chi connectivity index (χ3v) is 2.00. The molecule has 0 saturated heterocycles. The minimum Gasteiger partial charge on any atom is -0.486 e. The Morgan fingerprint density at radius 2 is 1.73 bits per heavy atom. The van der Waals surface area contributed by atoms with Gasteiger partial charge in [-0.3, -0.25) is 0 Å². The van der Waals surface area contributed by atoms with Crippen molar-refractivity contribution in [3.8, 4) is 5.75 Å². The van der Waals surface area contributed by atoms with Crippen LogP contribution in [0.5, 0.6) is 5.75 Å². The Hall–Kier alpha value is -1.74. The second-order valence-corrected chi connectivity index (χ2v) is 3.13. The van der Waals surface area contributed by atoms with Crippen molar-refractivity contribution in [3.05, 3.63) is 54.0 Å². The summed E-state index contributed by atoms with van der Waals surface area (Å²) in [5.41, 5.74) is 0. The maximum atomic E-state index is 8.80. The zero-order valence-electron chi connectivity index (χ0n) is 8.22. The molecular formula is C12H12O3. The molecule has 78 valence electrons. The van der Waals surface area contributed by atoms with Crippen LogP contribution in [-0.2, 0) is 13.2 Å². The third-order valence-electron chi connectivity index (χ3n) is 2.00. The minimum atomic E-state index is -0.0780. The van der Waals surface area contributed by atoms with E-state index in [9.17, 15) is 0 Å². The first-order valence-electron chi connectivity index (χ1n) is 4.75. The van der Waals surface area contributed by atoms with Gasteiger partial charge in [0.25, 0.3) is 0 Å². The van der Waals surface area contributed by atoms with Crippen molar-refractivity contribution in [2.75, 3.05) is 0 Å². The van der Waals surface area contributed by atoms with Gasteiger partial charge in [-0.05, 0) is 24.3 Å². The van der Waals surface area contributed by atoms with Gasteiger partial charge >= 0.3 is 0 Å². The van der Waals surface area contributed by atoms with Gasteiger partial charge < -0.3 is 14.3 Å². The number of ether oxygens (including phenoxy) is 1. The first-order valence-corrected chi connectivity index (χ1v) is 4.75. The molecule has 0 radical (unpaired) electrons. The smallest absolute Gasteiger partial charge is 0.146 e. The number of aliphatic hydroxyl groups is 1. The molecular weight excluding hydrogens is 192 g/mol. The fraction of sp³-hybridized carbons (Fsp3) is 0.167. The Kier molecular flexibility index (Phi) is 3.05. The summed E-state index contributed by atoms with van der Waals surface area (Å²) >= 11 is 0. The van der Waals surface area contributed by atoms with E-state index in [2.05, 4.69) is 0 Å². The molecule has 2 rings (SSSR count). The van der Waals surface area contributed by atoms with E-state index in [1.807, 2.05) is 30.3 Å². The molecule has 1 aromatic carbocycles. The van der Waals surface area contributed by atoms with E-state index >= 15 is 0 Å². The van der Waals surface area contributed by atoms with Crippen LogP contribution in [0.15, 0.2) is 46.9 Å². The van der Waals surface area contributed by atoms with E-state index in [0.717, 1.165) is 5.75 Å². The fourth-order valence-corrected chi connectivity index (χ4v) is 1.26. The number of hydrogen-bond acceptors (Lipinski definition) is 3. The second kappa shape index (κ2) is 4.66. The molecule has 1 aromatic heterocycles. The first kappa shape index (κ1) is 9.80. The van der Waals surface area contributed by atoms with Gasteiger partial charge in [0.1, 0.15) is 30.5 Å². The molecule has 0 atom stereocenters. The normalized spacial score (nSPS) is 10.2. The average Bonchev–Trinajstić information content (AvgIpc) is 2.76. The summed E-state index contributed by atoms with van der Waals surface area (Å²) in [4.78, 5) is 0. The summed E-state index contributed by atoms with van der Waals surface area (Å²) < 4.78 is 10.8. The molecule has 15 heavy (non-hydrogen) atoms. The molecule has 0 fully saturated rings. The summed E-state index contributed by atoms with van der Waals surface area (Å²) in [6.07, 6.45) is 0. The molecule has 1 heterocycles. The maximum absolute atomic E-state index is 8.80. The fourth-order valence-electron chi connectivity index (χ4n) is 1.26. The van der Waals surface area contributed by atoms with E-state index in [1.54, 1.807) is 12.1 Å². The summed E-state index contributed by atoms with van der Waals surface area (Å²) in [6.45, 7) is 0.301. The summed E-state index contributed by atoms with van der Waals surface area (Å²) in [7, 11) is 0. The van der Waals surface area contributed by atoms with Crippen LogP contribution in [0, 0.1) is 0 Å². The third kappa shape index (κ3) is 2.60. The quantitative estimate of drug-likeness (QED) is 0.831. The zero-order chi connectivity index (χ0) is 10.5. The standard InChI is InChI=1S/C12H12O3/c13-8-11-6-7-12(15-11)9-14-10-4-2-1-3-5-10/h1-7,13H,8-9H2. The number of rotatable bonds is 4. The number of furan rings is 1. The van der Waals surface area contributed by atoms with Crippen LogP contribution in [-0.4, -0.2) is 5.11 Å². The second-order valence-electron chi connectivity index (χ2n) is 3.13. The number of benzene rings is 1. The van der Waals surface area contributed by atoms with Gasteiger partial charge in [-0.25, -0.2) is 0 Å². The predicted molar refractivity (Wildman–Crippen MR) is 55.4 cm³/mol. The van der Waals surface area contributed by atoms with Gasteiger partial charge in [0.2, 0.25) is 0 Å². The largest absolute Gasteiger partial charge is 0.486 e. The molecule has 1 N–H and O–H groups in total. The monoisotopic (exact) mass is 204 g/mol. The topological polar surface area (TPSA) is 42.6 Å². The molecule has 0 bridgehead atoms. The van der Waals surface area contributed by atoms with E-state index in [4.69, 9.17) is 14.3 Å². The Balaban J connectivity index is 1.93. The average molecular weight is 204 g/mol. The number of aliphatic hydroxyl groups excluding tert-OH is 1. The van der Waals surface area contributed by atoms with E-state index in [0.29, 0.717) is 18.1 Å². The van der Waals surface area contributed by atoms with Crippen molar-refractivity contribution in [2.45, 2.75) is 13.2 Å².